The zero-order valence-corrected chi connectivity index (χ0v) is 10.2. The first-order valence-corrected chi connectivity index (χ1v) is 5.10. The number of methoxy groups -OCH3 is 2. The third kappa shape index (κ3) is 3.31. The number of ether oxygens (including phenoxy) is 3. The van der Waals surface area contributed by atoms with Crippen molar-refractivity contribution in [3.63, 3.8) is 0 Å². The molecule has 0 bridgehead atoms. The van der Waals surface area contributed by atoms with Crippen molar-refractivity contribution >= 4 is 0 Å². The molecule has 16 heavy (non-hydrogen) atoms. The lowest BCUT2D eigenvalue weighted by Crippen LogP contribution is -2.38. The van der Waals surface area contributed by atoms with Gasteiger partial charge in [-0.15, -0.1) is 0 Å². The number of benzene rings is 1. The van der Waals surface area contributed by atoms with E-state index < -0.39 is 5.54 Å². The number of para-hydroxylation sites is 1. The molecule has 0 atom stereocenters. The summed E-state index contributed by atoms with van der Waals surface area (Å²) in [6.45, 7) is 4.19. The molecule has 0 aliphatic carbocycles. The third-order valence-corrected chi connectivity index (χ3v) is 1.97. The Morgan fingerprint density at radius 1 is 1.12 bits per heavy atom. The lowest BCUT2D eigenvalue weighted by atomic mass is 10.1. The van der Waals surface area contributed by atoms with Crippen molar-refractivity contribution in [1.29, 1.82) is 0 Å². The van der Waals surface area contributed by atoms with Gasteiger partial charge in [-0.3, -0.25) is 0 Å². The largest absolute Gasteiger partial charge is 0.493 e. The zero-order valence-electron chi connectivity index (χ0n) is 10.2. The van der Waals surface area contributed by atoms with E-state index in [2.05, 4.69) is 0 Å². The highest BCUT2D eigenvalue weighted by Crippen LogP contribution is 2.36. The second kappa shape index (κ2) is 5.07. The van der Waals surface area contributed by atoms with Crippen molar-refractivity contribution in [3.05, 3.63) is 18.2 Å². The highest BCUT2D eigenvalue weighted by molar-refractivity contribution is 5.51. The minimum atomic E-state index is -0.397. The summed E-state index contributed by atoms with van der Waals surface area (Å²) in [5.74, 6) is 1.87. The summed E-state index contributed by atoms with van der Waals surface area (Å²) in [6.07, 6.45) is 0. The Labute approximate surface area is 96.3 Å². The number of hydrogen-bond donors (Lipinski definition) is 1. The average Bonchev–Trinajstić information content (AvgIpc) is 2.24. The molecule has 0 unspecified atom stereocenters. The second-order valence-corrected chi connectivity index (χ2v) is 4.27. The standard InChI is InChI=1S/C12H19NO3/c1-12(2,13)8-16-11-9(14-3)6-5-7-10(11)15-4/h5-7H,8,13H2,1-4H3. The van der Waals surface area contributed by atoms with E-state index in [1.807, 2.05) is 32.0 Å². The molecule has 0 aliphatic heterocycles. The summed E-state index contributed by atoms with van der Waals surface area (Å²) in [5.41, 5.74) is 5.46. The van der Waals surface area contributed by atoms with Gasteiger partial charge in [-0.2, -0.15) is 0 Å². The molecule has 0 saturated heterocycles. The van der Waals surface area contributed by atoms with E-state index >= 15 is 0 Å². The summed E-state index contributed by atoms with van der Waals surface area (Å²) in [7, 11) is 3.18. The summed E-state index contributed by atoms with van der Waals surface area (Å²) >= 11 is 0. The van der Waals surface area contributed by atoms with Crippen LogP contribution < -0.4 is 19.9 Å². The van der Waals surface area contributed by atoms with Crippen molar-refractivity contribution in [1.82, 2.24) is 0 Å². The maximum absolute atomic E-state index is 5.86. The first kappa shape index (κ1) is 12.6. The van der Waals surface area contributed by atoms with Gasteiger partial charge in [0.25, 0.3) is 0 Å². The van der Waals surface area contributed by atoms with E-state index in [9.17, 15) is 0 Å². The maximum Gasteiger partial charge on any atom is 0.203 e. The van der Waals surface area contributed by atoms with Gasteiger partial charge in [-0.1, -0.05) is 6.07 Å². The predicted octanol–water partition coefficient (Wildman–Crippen LogP) is 1.82. The Morgan fingerprint density at radius 2 is 1.62 bits per heavy atom. The van der Waals surface area contributed by atoms with Gasteiger partial charge >= 0.3 is 0 Å². The minimum absolute atomic E-state index is 0.393. The lowest BCUT2D eigenvalue weighted by Gasteiger charge is -2.21. The van der Waals surface area contributed by atoms with Crippen molar-refractivity contribution in [2.75, 3.05) is 20.8 Å². The maximum atomic E-state index is 5.86. The molecule has 4 nitrogen and oxygen atoms in total. The molecule has 0 aliphatic rings. The van der Waals surface area contributed by atoms with Crippen LogP contribution in [0.5, 0.6) is 17.2 Å². The molecule has 1 rings (SSSR count). The average molecular weight is 225 g/mol. The molecule has 0 fully saturated rings. The SMILES string of the molecule is COc1cccc(OC)c1OCC(C)(C)N. The topological polar surface area (TPSA) is 53.7 Å². The Kier molecular flexibility index (Phi) is 4.01. The molecule has 90 valence electrons. The fourth-order valence-electron chi connectivity index (χ4n) is 1.22. The molecular weight excluding hydrogens is 206 g/mol. The lowest BCUT2D eigenvalue weighted by molar-refractivity contribution is 0.223. The summed E-state index contributed by atoms with van der Waals surface area (Å²) in [4.78, 5) is 0. The number of rotatable bonds is 5. The van der Waals surface area contributed by atoms with Crippen LogP contribution >= 0.6 is 0 Å². The van der Waals surface area contributed by atoms with Gasteiger partial charge in [0.2, 0.25) is 5.75 Å². The predicted molar refractivity (Wildman–Crippen MR) is 63.3 cm³/mol. The van der Waals surface area contributed by atoms with E-state index in [1.54, 1.807) is 14.2 Å². The Hall–Kier alpha value is -1.42. The van der Waals surface area contributed by atoms with Gasteiger partial charge in [0.15, 0.2) is 11.5 Å². The molecule has 2 N–H and O–H groups in total. The Morgan fingerprint density at radius 3 is 2.00 bits per heavy atom. The first-order valence-electron chi connectivity index (χ1n) is 5.10. The van der Waals surface area contributed by atoms with Crippen molar-refractivity contribution in [2.45, 2.75) is 19.4 Å². The third-order valence-electron chi connectivity index (χ3n) is 1.97. The van der Waals surface area contributed by atoms with Gasteiger partial charge in [0, 0.05) is 5.54 Å². The van der Waals surface area contributed by atoms with Crippen LogP contribution in [0.3, 0.4) is 0 Å². The quantitative estimate of drug-likeness (QED) is 0.830. The molecule has 0 heterocycles. The fraction of sp³-hybridized carbons (Fsp3) is 0.500. The highest BCUT2D eigenvalue weighted by atomic mass is 16.5. The van der Waals surface area contributed by atoms with Gasteiger partial charge in [-0.25, -0.2) is 0 Å². The number of hydrogen-bond acceptors (Lipinski definition) is 4. The summed E-state index contributed by atoms with van der Waals surface area (Å²) < 4.78 is 16.1. The van der Waals surface area contributed by atoms with E-state index in [4.69, 9.17) is 19.9 Å². The zero-order chi connectivity index (χ0) is 12.2. The van der Waals surface area contributed by atoms with Crippen LogP contribution in [-0.4, -0.2) is 26.4 Å². The van der Waals surface area contributed by atoms with Gasteiger partial charge in [0.05, 0.1) is 14.2 Å². The van der Waals surface area contributed by atoms with Crippen LogP contribution in [0.1, 0.15) is 13.8 Å². The summed E-state index contributed by atoms with van der Waals surface area (Å²) in [5, 5.41) is 0. The molecular formula is C12H19NO3. The van der Waals surface area contributed by atoms with Gasteiger partial charge < -0.3 is 19.9 Å². The molecule has 4 heteroatoms. The molecule has 1 aromatic rings. The fourth-order valence-corrected chi connectivity index (χ4v) is 1.22. The van der Waals surface area contributed by atoms with Crippen LogP contribution in [0.15, 0.2) is 18.2 Å². The smallest absolute Gasteiger partial charge is 0.203 e. The molecule has 0 aromatic heterocycles. The van der Waals surface area contributed by atoms with Gasteiger partial charge in [0.1, 0.15) is 6.61 Å². The number of nitrogens with two attached hydrogens (primary N) is 1. The van der Waals surface area contributed by atoms with Crippen LogP contribution in [0, 0.1) is 0 Å². The molecule has 0 spiro atoms. The van der Waals surface area contributed by atoms with E-state index in [-0.39, 0.29) is 0 Å². The second-order valence-electron chi connectivity index (χ2n) is 4.27. The van der Waals surface area contributed by atoms with Gasteiger partial charge in [-0.05, 0) is 26.0 Å². The van der Waals surface area contributed by atoms with E-state index in [0.717, 1.165) is 0 Å². The first-order chi connectivity index (χ1) is 7.48. The highest BCUT2D eigenvalue weighted by Gasteiger charge is 2.16. The molecule has 0 saturated carbocycles. The van der Waals surface area contributed by atoms with Crippen molar-refractivity contribution in [2.24, 2.45) is 5.73 Å². The van der Waals surface area contributed by atoms with E-state index in [1.165, 1.54) is 0 Å². The van der Waals surface area contributed by atoms with Crippen LogP contribution in [-0.2, 0) is 0 Å². The molecule has 0 amide bonds. The van der Waals surface area contributed by atoms with Crippen molar-refractivity contribution < 1.29 is 14.2 Å². The monoisotopic (exact) mass is 225 g/mol. The Balaban J connectivity index is 2.91. The molecule has 0 radical (unpaired) electrons. The molecule has 1 aromatic carbocycles. The van der Waals surface area contributed by atoms with E-state index in [0.29, 0.717) is 23.9 Å². The minimum Gasteiger partial charge on any atom is -0.493 e. The Bertz CT molecular complexity index is 322. The van der Waals surface area contributed by atoms with Crippen molar-refractivity contribution in [3.8, 4) is 17.2 Å². The van der Waals surface area contributed by atoms with Crippen LogP contribution in [0.25, 0.3) is 0 Å². The van der Waals surface area contributed by atoms with Crippen LogP contribution in [0.4, 0.5) is 0 Å². The van der Waals surface area contributed by atoms with Crippen LogP contribution in [0.2, 0.25) is 0 Å². The normalized spacial score (nSPS) is 11.1. The summed E-state index contributed by atoms with van der Waals surface area (Å²) in [6, 6.07) is 5.49.